The largest absolute Gasteiger partial charge is 0.309 e. The van der Waals surface area contributed by atoms with Crippen molar-refractivity contribution in [3.8, 4) is 0 Å². The van der Waals surface area contributed by atoms with E-state index in [2.05, 4.69) is 29.5 Å². The quantitative estimate of drug-likeness (QED) is 0.844. The fraction of sp³-hybridized carbons (Fsp3) is 0.538. The summed E-state index contributed by atoms with van der Waals surface area (Å²) < 4.78 is 12.7. The third-order valence-corrected chi connectivity index (χ3v) is 3.37. The van der Waals surface area contributed by atoms with Crippen molar-refractivity contribution in [3.63, 3.8) is 0 Å². The number of hydrogen-bond acceptors (Lipinski definition) is 3. The van der Waals surface area contributed by atoms with Gasteiger partial charge in [-0.25, -0.2) is 9.37 Å². The fourth-order valence-electron chi connectivity index (χ4n) is 2.31. The Bertz CT molecular complexity index is 430. The van der Waals surface area contributed by atoms with Gasteiger partial charge in [-0.05, 0) is 36.9 Å². The Morgan fingerprint density at radius 1 is 1.56 bits per heavy atom. The van der Waals surface area contributed by atoms with Gasteiger partial charge in [0.15, 0.2) is 0 Å². The van der Waals surface area contributed by atoms with Crippen LogP contribution in [0.2, 0.25) is 0 Å². The normalized spacial score (nSPS) is 22.5. The molecule has 2 heterocycles. The van der Waals surface area contributed by atoms with E-state index < -0.39 is 5.82 Å². The first kappa shape index (κ1) is 13.0. The van der Waals surface area contributed by atoms with E-state index in [9.17, 15) is 9.18 Å². The highest BCUT2D eigenvalue weighted by atomic mass is 19.1. The molecule has 1 aliphatic rings. The van der Waals surface area contributed by atoms with Gasteiger partial charge in [-0.1, -0.05) is 13.8 Å². The number of halogens is 1. The second-order valence-electron chi connectivity index (χ2n) is 5.33. The van der Waals surface area contributed by atoms with Crippen LogP contribution in [0.25, 0.3) is 0 Å². The molecule has 1 unspecified atom stereocenters. The van der Waals surface area contributed by atoms with Crippen LogP contribution in [0.15, 0.2) is 18.3 Å². The highest BCUT2D eigenvalue weighted by molar-refractivity contribution is 5.94. The lowest BCUT2D eigenvalue weighted by atomic mass is 9.77. The number of piperidine rings is 1. The van der Waals surface area contributed by atoms with Crippen LogP contribution in [0.3, 0.4) is 0 Å². The molecule has 0 bridgehead atoms. The van der Waals surface area contributed by atoms with Gasteiger partial charge >= 0.3 is 0 Å². The Kier molecular flexibility index (Phi) is 3.61. The molecule has 1 amide bonds. The number of anilines is 1. The summed E-state index contributed by atoms with van der Waals surface area (Å²) in [5.41, 5.74) is -0.0810. The second kappa shape index (κ2) is 5.02. The van der Waals surface area contributed by atoms with Gasteiger partial charge in [-0.2, -0.15) is 0 Å². The van der Waals surface area contributed by atoms with E-state index in [1.165, 1.54) is 12.1 Å². The molecule has 0 saturated carbocycles. The molecule has 0 aliphatic carbocycles. The van der Waals surface area contributed by atoms with Crippen molar-refractivity contribution in [2.45, 2.75) is 32.7 Å². The average Bonchev–Trinajstić information content (AvgIpc) is 2.31. The lowest BCUT2D eigenvalue weighted by molar-refractivity contribution is -0.121. The molecule has 1 atom stereocenters. The smallest absolute Gasteiger partial charge is 0.243 e. The lowest BCUT2D eigenvalue weighted by Crippen LogP contribution is -2.53. The topological polar surface area (TPSA) is 54.0 Å². The highest BCUT2D eigenvalue weighted by Gasteiger charge is 2.37. The van der Waals surface area contributed by atoms with Crippen LogP contribution in [-0.4, -0.2) is 23.5 Å². The molecule has 98 valence electrons. The number of rotatable bonds is 2. The minimum Gasteiger partial charge on any atom is -0.309 e. The van der Waals surface area contributed by atoms with Gasteiger partial charge in [0.1, 0.15) is 11.6 Å². The zero-order valence-electron chi connectivity index (χ0n) is 10.7. The number of carbonyl (C=O) groups excluding carboxylic acids is 1. The second-order valence-corrected chi connectivity index (χ2v) is 5.33. The molecule has 0 spiro atoms. The molecule has 0 radical (unpaired) electrons. The minimum atomic E-state index is -0.413. The minimum absolute atomic E-state index is 0.0810. The van der Waals surface area contributed by atoms with Gasteiger partial charge in [-0.3, -0.25) is 4.79 Å². The molecule has 2 N–H and O–H groups in total. The third kappa shape index (κ3) is 2.85. The number of aromatic nitrogens is 1. The van der Waals surface area contributed by atoms with Crippen molar-refractivity contribution >= 4 is 11.7 Å². The first-order valence-electron chi connectivity index (χ1n) is 6.15. The van der Waals surface area contributed by atoms with Crippen molar-refractivity contribution in [2.24, 2.45) is 5.41 Å². The van der Waals surface area contributed by atoms with E-state index >= 15 is 0 Å². The number of amides is 1. The van der Waals surface area contributed by atoms with E-state index in [0.29, 0.717) is 5.82 Å². The SMILES string of the molecule is CC1(C)CCCNC1C(=O)Nc1ccc(F)cn1. The van der Waals surface area contributed by atoms with Crippen molar-refractivity contribution in [1.82, 2.24) is 10.3 Å². The van der Waals surface area contributed by atoms with E-state index in [4.69, 9.17) is 0 Å². The first-order chi connectivity index (χ1) is 8.49. The summed E-state index contributed by atoms with van der Waals surface area (Å²) in [6.07, 6.45) is 3.18. The maximum atomic E-state index is 12.7. The molecule has 1 aromatic rings. The van der Waals surface area contributed by atoms with Crippen LogP contribution in [0.4, 0.5) is 10.2 Å². The van der Waals surface area contributed by atoms with Crippen LogP contribution in [-0.2, 0) is 4.79 Å². The summed E-state index contributed by atoms with van der Waals surface area (Å²) in [4.78, 5) is 16.0. The molecule has 1 saturated heterocycles. The van der Waals surface area contributed by atoms with Gasteiger partial charge in [-0.15, -0.1) is 0 Å². The van der Waals surface area contributed by atoms with E-state index in [0.717, 1.165) is 25.6 Å². The molecule has 1 aromatic heterocycles. The van der Waals surface area contributed by atoms with Gasteiger partial charge < -0.3 is 10.6 Å². The number of pyridine rings is 1. The van der Waals surface area contributed by atoms with E-state index in [1.807, 2.05) is 0 Å². The fourth-order valence-corrected chi connectivity index (χ4v) is 2.31. The van der Waals surface area contributed by atoms with Crippen LogP contribution in [0, 0.1) is 11.2 Å². The number of hydrogen-bond donors (Lipinski definition) is 2. The molecular weight excluding hydrogens is 233 g/mol. The lowest BCUT2D eigenvalue weighted by Gasteiger charge is -2.38. The first-order valence-corrected chi connectivity index (χ1v) is 6.15. The van der Waals surface area contributed by atoms with Crippen molar-refractivity contribution in [2.75, 3.05) is 11.9 Å². The summed E-state index contributed by atoms with van der Waals surface area (Å²) in [7, 11) is 0. The Labute approximate surface area is 106 Å². The molecule has 5 heteroatoms. The predicted molar refractivity (Wildman–Crippen MR) is 67.6 cm³/mol. The van der Waals surface area contributed by atoms with Crippen LogP contribution in [0.5, 0.6) is 0 Å². The number of nitrogens with one attached hydrogen (secondary N) is 2. The zero-order valence-corrected chi connectivity index (χ0v) is 10.7. The Morgan fingerprint density at radius 3 is 2.94 bits per heavy atom. The Hall–Kier alpha value is -1.49. The molecule has 1 aliphatic heterocycles. The molecule has 0 aromatic carbocycles. The highest BCUT2D eigenvalue weighted by Crippen LogP contribution is 2.30. The molecule has 4 nitrogen and oxygen atoms in total. The maximum Gasteiger partial charge on any atom is 0.243 e. The van der Waals surface area contributed by atoms with Crippen LogP contribution < -0.4 is 10.6 Å². The van der Waals surface area contributed by atoms with Gasteiger partial charge in [0.25, 0.3) is 0 Å². The summed E-state index contributed by atoms with van der Waals surface area (Å²) in [5, 5.41) is 5.94. The van der Waals surface area contributed by atoms with Crippen molar-refractivity contribution in [1.29, 1.82) is 0 Å². The maximum absolute atomic E-state index is 12.7. The van der Waals surface area contributed by atoms with Crippen LogP contribution >= 0.6 is 0 Å². The summed E-state index contributed by atoms with van der Waals surface area (Å²) in [5.74, 6) is -0.146. The van der Waals surface area contributed by atoms with Gasteiger partial charge in [0.05, 0.1) is 12.2 Å². The summed E-state index contributed by atoms with van der Waals surface area (Å²) in [6, 6.07) is 2.50. The van der Waals surface area contributed by atoms with Crippen molar-refractivity contribution in [3.05, 3.63) is 24.1 Å². The summed E-state index contributed by atoms with van der Waals surface area (Å²) in [6.45, 7) is 4.99. The Morgan fingerprint density at radius 2 is 2.33 bits per heavy atom. The van der Waals surface area contributed by atoms with E-state index in [1.54, 1.807) is 0 Å². The zero-order chi connectivity index (χ0) is 13.2. The summed E-state index contributed by atoms with van der Waals surface area (Å²) >= 11 is 0. The average molecular weight is 251 g/mol. The van der Waals surface area contributed by atoms with Crippen molar-refractivity contribution < 1.29 is 9.18 Å². The molecule has 18 heavy (non-hydrogen) atoms. The standard InChI is InChI=1S/C13H18FN3O/c1-13(2)6-3-7-15-11(13)12(18)17-10-5-4-9(14)8-16-10/h4-5,8,11,15H,3,6-7H2,1-2H3,(H,16,17,18). The predicted octanol–water partition coefficient (Wildman–Crippen LogP) is 1.94. The Balaban J connectivity index is 2.05. The van der Waals surface area contributed by atoms with Gasteiger partial charge in [0, 0.05) is 0 Å². The monoisotopic (exact) mass is 251 g/mol. The van der Waals surface area contributed by atoms with Gasteiger partial charge in [0.2, 0.25) is 5.91 Å². The molecule has 1 fully saturated rings. The third-order valence-electron chi connectivity index (χ3n) is 3.37. The number of nitrogens with zero attached hydrogens (tertiary/aromatic N) is 1. The van der Waals surface area contributed by atoms with E-state index in [-0.39, 0.29) is 17.4 Å². The van der Waals surface area contributed by atoms with Crippen LogP contribution in [0.1, 0.15) is 26.7 Å². The molecular formula is C13H18FN3O. The molecule has 2 rings (SSSR count). The number of carbonyl (C=O) groups is 1.